The summed E-state index contributed by atoms with van der Waals surface area (Å²) in [5, 5.41) is 2.90. The Morgan fingerprint density at radius 1 is 1.20 bits per heavy atom. The summed E-state index contributed by atoms with van der Waals surface area (Å²) in [6, 6.07) is 12.1. The molecule has 1 aliphatic heterocycles. The van der Waals surface area contributed by atoms with Crippen LogP contribution in [0.3, 0.4) is 0 Å². The molecule has 1 aliphatic rings. The number of hydrogen-bond donors (Lipinski definition) is 1. The highest BCUT2D eigenvalue weighted by atomic mass is 32.2. The molecule has 1 atom stereocenters. The monoisotopic (exact) mass is 430 g/mol. The highest BCUT2D eigenvalue weighted by Crippen LogP contribution is 2.22. The van der Waals surface area contributed by atoms with Crippen LogP contribution in [-0.2, 0) is 14.3 Å². The first kappa shape index (κ1) is 22.3. The Labute approximate surface area is 181 Å². The molecule has 2 aromatic rings. The molecular formula is C23H27FN2O3S. The number of carbonyl (C=O) groups excluding carboxylic acids is 2. The molecule has 2 aromatic carbocycles. The summed E-state index contributed by atoms with van der Waals surface area (Å²) >= 11 is 1.14. The summed E-state index contributed by atoms with van der Waals surface area (Å²) in [7, 11) is 0. The number of halogens is 1. The van der Waals surface area contributed by atoms with Crippen molar-refractivity contribution in [3.8, 4) is 0 Å². The number of thioether (sulfide) groups is 1. The van der Waals surface area contributed by atoms with Gasteiger partial charge in [-0.2, -0.15) is 0 Å². The predicted molar refractivity (Wildman–Crippen MR) is 117 cm³/mol. The maximum Gasteiger partial charge on any atom is 0.244 e. The fourth-order valence-corrected chi connectivity index (χ4v) is 4.17. The average molecular weight is 431 g/mol. The smallest absolute Gasteiger partial charge is 0.244 e. The van der Waals surface area contributed by atoms with E-state index in [1.165, 1.54) is 11.0 Å². The fourth-order valence-electron chi connectivity index (χ4n) is 3.33. The minimum absolute atomic E-state index is 0.0599. The summed E-state index contributed by atoms with van der Waals surface area (Å²) in [6.45, 7) is 4.90. The van der Waals surface area contributed by atoms with E-state index in [1.807, 2.05) is 32.0 Å². The SMILES string of the molecule is Cc1cccc(NC(=O)CN(C[C@@H]2CCCO2)C(=O)CSc2ccccc2F)c1C. The van der Waals surface area contributed by atoms with Gasteiger partial charge in [0.15, 0.2) is 0 Å². The van der Waals surface area contributed by atoms with Crippen LogP contribution in [-0.4, -0.2) is 48.3 Å². The number of benzene rings is 2. The Kier molecular flexibility index (Phi) is 7.87. The van der Waals surface area contributed by atoms with Gasteiger partial charge in [-0.15, -0.1) is 11.8 Å². The molecule has 1 saturated heterocycles. The summed E-state index contributed by atoms with van der Waals surface area (Å²) in [4.78, 5) is 27.5. The topological polar surface area (TPSA) is 58.6 Å². The van der Waals surface area contributed by atoms with Crippen LogP contribution in [0, 0.1) is 19.7 Å². The number of nitrogens with zero attached hydrogens (tertiary/aromatic N) is 1. The van der Waals surface area contributed by atoms with Crippen LogP contribution < -0.4 is 5.32 Å². The molecule has 7 heteroatoms. The predicted octanol–water partition coefficient (Wildman–Crippen LogP) is 4.18. The van der Waals surface area contributed by atoms with Crippen molar-refractivity contribution in [2.45, 2.75) is 37.7 Å². The molecule has 0 spiro atoms. The average Bonchev–Trinajstić information content (AvgIpc) is 3.23. The van der Waals surface area contributed by atoms with Crippen molar-refractivity contribution in [3.05, 3.63) is 59.4 Å². The molecule has 0 aromatic heterocycles. The zero-order valence-corrected chi connectivity index (χ0v) is 18.1. The Bertz CT molecular complexity index is 900. The van der Waals surface area contributed by atoms with Crippen molar-refractivity contribution in [1.29, 1.82) is 0 Å². The van der Waals surface area contributed by atoms with E-state index in [0.717, 1.165) is 41.4 Å². The molecule has 2 amide bonds. The zero-order chi connectivity index (χ0) is 21.5. The Hall–Kier alpha value is -2.38. The molecule has 0 aliphatic carbocycles. The van der Waals surface area contributed by atoms with Crippen LogP contribution in [0.1, 0.15) is 24.0 Å². The van der Waals surface area contributed by atoms with Gasteiger partial charge in [-0.3, -0.25) is 9.59 Å². The van der Waals surface area contributed by atoms with Gasteiger partial charge in [-0.05, 0) is 56.0 Å². The van der Waals surface area contributed by atoms with E-state index < -0.39 is 0 Å². The van der Waals surface area contributed by atoms with Gasteiger partial charge in [-0.25, -0.2) is 4.39 Å². The van der Waals surface area contributed by atoms with E-state index in [2.05, 4.69) is 5.32 Å². The lowest BCUT2D eigenvalue weighted by atomic mass is 10.1. The number of rotatable bonds is 8. The van der Waals surface area contributed by atoms with E-state index >= 15 is 0 Å². The van der Waals surface area contributed by atoms with Crippen LogP contribution in [0.4, 0.5) is 10.1 Å². The molecule has 1 heterocycles. The van der Waals surface area contributed by atoms with E-state index in [0.29, 0.717) is 18.0 Å². The van der Waals surface area contributed by atoms with Crippen molar-refractivity contribution in [2.75, 3.05) is 30.8 Å². The number of anilines is 1. The van der Waals surface area contributed by atoms with Gasteiger partial charge >= 0.3 is 0 Å². The highest BCUT2D eigenvalue weighted by molar-refractivity contribution is 8.00. The minimum atomic E-state index is -0.353. The first-order chi connectivity index (χ1) is 14.4. The lowest BCUT2D eigenvalue weighted by Crippen LogP contribution is -2.43. The molecule has 3 rings (SSSR count). The van der Waals surface area contributed by atoms with Gasteiger partial charge in [0.05, 0.1) is 18.4 Å². The second-order valence-corrected chi connectivity index (χ2v) is 8.44. The van der Waals surface area contributed by atoms with E-state index in [-0.39, 0.29) is 36.0 Å². The number of carbonyl (C=O) groups is 2. The molecule has 0 saturated carbocycles. The number of aryl methyl sites for hydroxylation is 1. The molecule has 30 heavy (non-hydrogen) atoms. The first-order valence-corrected chi connectivity index (χ1v) is 11.1. The normalized spacial score (nSPS) is 15.8. The van der Waals surface area contributed by atoms with Crippen molar-refractivity contribution >= 4 is 29.3 Å². The van der Waals surface area contributed by atoms with E-state index in [9.17, 15) is 14.0 Å². The third-order valence-electron chi connectivity index (χ3n) is 5.20. The molecule has 1 fully saturated rings. The molecule has 0 radical (unpaired) electrons. The van der Waals surface area contributed by atoms with Gasteiger partial charge in [0.1, 0.15) is 5.82 Å². The van der Waals surface area contributed by atoms with Crippen molar-refractivity contribution in [2.24, 2.45) is 0 Å². The summed E-state index contributed by atoms with van der Waals surface area (Å²) in [5.74, 6) is -0.765. The zero-order valence-electron chi connectivity index (χ0n) is 17.3. The lowest BCUT2D eigenvalue weighted by molar-refractivity contribution is -0.133. The fraction of sp³-hybridized carbons (Fsp3) is 0.391. The minimum Gasteiger partial charge on any atom is -0.376 e. The van der Waals surface area contributed by atoms with Crippen molar-refractivity contribution in [3.63, 3.8) is 0 Å². The molecular weight excluding hydrogens is 403 g/mol. The van der Waals surface area contributed by atoms with Gasteiger partial charge in [0.2, 0.25) is 11.8 Å². The highest BCUT2D eigenvalue weighted by Gasteiger charge is 2.25. The Morgan fingerprint density at radius 3 is 2.73 bits per heavy atom. The first-order valence-electron chi connectivity index (χ1n) is 10.1. The largest absolute Gasteiger partial charge is 0.376 e. The van der Waals surface area contributed by atoms with E-state index in [1.54, 1.807) is 18.2 Å². The maximum atomic E-state index is 13.9. The van der Waals surface area contributed by atoms with Crippen molar-refractivity contribution < 1.29 is 18.7 Å². The van der Waals surface area contributed by atoms with E-state index in [4.69, 9.17) is 4.74 Å². The third-order valence-corrected chi connectivity index (χ3v) is 6.24. The third kappa shape index (κ3) is 6.06. The number of amides is 2. The second-order valence-electron chi connectivity index (χ2n) is 7.42. The molecule has 0 unspecified atom stereocenters. The quantitative estimate of drug-likeness (QED) is 0.639. The van der Waals surface area contributed by atoms with Gasteiger partial charge in [0.25, 0.3) is 0 Å². The second kappa shape index (κ2) is 10.6. The molecule has 1 N–H and O–H groups in total. The Balaban J connectivity index is 1.65. The standard InChI is InChI=1S/C23H27FN2O3S/c1-16-7-5-10-20(17(16)2)25-22(27)14-26(13-18-8-6-12-29-18)23(28)15-30-21-11-4-3-9-19(21)24/h3-5,7,9-11,18H,6,8,12-15H2,1-2H3,(H,25,27)/t18-/m0/s1. The van der Waals surface area contributed by atoms with Gasteiger partial charge in [0, 0.05) is 23.7 Å². The molecule has 5 nitrogen and oxygen atoms in total. The maximum absolute atomic E-state index is 13.9. The van der Waals surface area contributed by atoms with Crippen LogP contribution in [0.25, 0.3) is 0 Å². The summed E-state index contributed by atoms with van der Waals surface area (Å²) in [5.41, 5.74) is 2.82. The van der Waals surface area contributed by atoms with Crippen LogP contribution in [0.5, 0.6) is 0 Å². The number of hydrogen-bond acceptors (Lipinski definition) is 4. The lowest BCUT2D eigenvalue weighted by Gasteiger charge is -2.25. The number of ether oxygens (including phenoxy) is 1. The number of nitrogens with one attached hydrogen (secondary N) is 1. The van der Waals surface area contributed by atoms with Gasteiger partial charge in [-0.1, -0.05) is 24.3 Å². The van der Waals surface area contributed by atoms with Crippen molar-refractivity contribution in [1.82, 2.24) is 4.90 Å². The molecule has 0 bridgehead atoms. The molecule has 160 valence electrons. The van der Waals surface area contributed by atoms with Gasteiger partial charge < -0.3 is 15.0 Å². The Morgan fingerprint density at radius 2 is 2.00 bits per heavy atom. The van der Waals surface area contributed by atoms with Crippen LogP contribution >= 0.6 is 11.8 Å². The van der Waals surface area contributed by atoms with Crippen LogP contribution in [0.15, 0.2) is 47.4 Å². The summed E-state index contributed by atoms with van der Waals surface area (Å²) in [6.07, 6.45) is 1.75. The van der Waals surface area contributed by atoms with Crippen LogP contribution in [0.2, 0.25) is 0 Å². The summed E-state index contributed by atoms with van der Waals surface area (Å²) < 4.78 is 19.5.